The molecular formula is C14H16F2N6O2S. The van der Waals surface area contributed by atoms with Gasteiger partial charge in [-0.15, -0.1) is 10.2 Å². The number of piperazine rings is 1. The fourth-order valence-electron chi connectivity index (χ4n) is 3.32. The monoisotopic (exact) mass is 370 g/mol. The summed E-state index contributed by atoms with van der Waals surface area (Å²) in [6, 6.07) is 0.350. The second-order valence-electron chi connectivity index (χ2n) is 5.94. The molecule has 0 spiro atoms. The van der Waals surface area contributed by atoms with Crippen LogP contribution in [0.3, 0.4) is 0 Å². The first-order valence-electron chi connectivity index (χ1n) is 7.95. The van der Waals surface area contributed by atoms with Crippen LogP contribution in [0, 0.1) is 0 Å². The summed E-state index contributed by atoms with van der Waals surface area (Å²) in [6.07, 6.45) is -0.332. The minimum Gasteiger partial charge on any atom is -0.414 e. The van der Waals surface area contributed by atoms with Gasteiger partial charge in [0.25, 0.3) is 11.8 Å². The Labute approximate surface area is 145 Å². The maximum Gasteiger partial charge on any atom is 0.317 e. The van der Waals surface area contributed by atoms with Crippen molar-refractivity contribution in [1.29, 1.82) is 0 Å². The van der Waals surface area contributed by atoms with Crippen molar-refractivity contribution in [2.45, 2.75) is 31.9 Å². The second-order valence-corrected chi connectivity index (χ2v) is 6.95. The minimum atomic E-state index is -2.79. The third kappa shape index (κ3) is 2.81. The Bertz CT molecular complexity index is 781. The number of hydrogen-bond donors (Lipinski definition) is 1. The summed E-state index contributed by atoms with van der Waals surface area (Å²) in [5, 5.41) is 10.6. The van der Waals surface area contributed by atoms with E-state index in [1.165, 1.54) is 11.3 Å². The lowest BCUT2D eigenvalue weighted by molar-refractivity contribution is 0.116. The van der Waals surface area contributed by atoms with Crippen LogP contribution in [0.2, 0.25) is 0 Å². The number of fused-ring (bicyclic) bond motifs is 2. The summed E-state index contributed by atoms with van der Waals surface area (Å²) >= 11 is 1.32. The van der Waals surface area contributed by atoms with Gasteiger partial charge in [-0.1, -0.05) is 11.3 Å². The molecule has 2 atom stereocenters. The first kappa shape index (κ1) is 16.2. The number of carbonyl (C=O) groups is 1. The molecule has 2 aromatic rings. The number of amides is 2. The quantitative estimate of drug-likeness (QED) is 0.887. The third-order valence-corrected chi connectivity index (χ3v) is 5.43. The van der Waals surface area contributed by atoms with Crippen molar-refractivity contribution in [2.24, 2.45) is 0 Å². The van der Waals surface area contributed by atoms with Crippen molar-refractivity contribution in [2.75, 3.05) is 24.5 Å². The van der Waals surface area contributed by atoms with Crippen molar-refractivity contribution < 1.29 is 18.0 Å². The fraction of sp³-hybridized carbons (Fsp3) is 0.571. The molecule has 2 aliphatic rings. The Balaban J connectivity index is 1.46. The van der Waals surface area contributed by atoms with E-state index in [-0.39, 0.29) is 24.0 Å². The maximum absolute atomic E-state index is 12.6. The average Bonchev–Trinajstić information content (AvgIpc) is 3.35. The SMILES string of the molecule is CCNC(=O)N1CC2CC1CN2c1ncc(-c2nnc(C(F)F)o2)s1. The lowest BCUT2D eigenvalue weighted by Gasteiger charge is -2.33. The van der Waals surface area contributed by atoms with E-state index in [2.05, 4.69) is 25.4 Å². The molecule has 2 aromatic heterocycles. The molecule has 0 saturated carbocycles. The van der Waals surface area contributed by atoms with Crippen molar-refractivity contribution >= 4 is 22.5 Å². The minimum absolute atomic E-state index is 0.0279. The van der Waals surface area contributed by atoms with E-state index in [9.17, 15) is 13.6 Å². The van der Waals surface area contributed by atoms with Crippen molar-refractivity contribution in [3.05, 3.63) is 12.1 Å². The highest BCUT2D eigenvalue weighted by Crippen LogP contribution is 2.38. The van der Waals surface area contributed by atoms with E-state index in [1.807, 2.05) is 11.8 Å². The van der Waals surface area contributed by atoms with E-state index in [1.54, 1.807) is 6.20 Å². The highest BCUT2D eigenvalue weighted by Gasteiger charge is 2.46. The van der Waals surface area contributed by atoms with Crippen LogP contribution >= 0.6 is 11.3 Å². The number of halogens is 2. The Morgan fingerprint density at radius 3 is 2.92 bits per heavy atom. The van der Waals surface area contributed by atoms with E-state index in [0.717, 1.165) is 11.6 Å². The summed E-state index contributed by atoms with van der Waals surface area (Å²) in [6.45, 7) is 3.87. The number of hydrogen-bond acceptors (Lipinski definition) is 7. The highest BCUT2D eigenvalue weighted by atomic mass is 32.1. The number of thiazole rings is 1. The maximum atomic E-state index is 12.6. The van der Waals surface area contributed by atoms with Crippen molar-refractivity contribution in [3.8, 4) is 10.8 Å². The molecule has 2 bridgehead atoms. The number of carbonyl (C=O) groups excluding carboxylic acids is 1. The van der Waals surface area contributed by atoms with E-state index in [0.29, 0.717) is 24.5 Å². The number of urea groups is 1. The first-order chi connectivity index (χ1) is 12.1. The molecule has 25 heavy (non-hydrogen) atoms. The Morgan fingerprint density at radius 2 is 2.28 bits per heavy atom. The number of aromatic nitrogens is 3. The predicted octanol–water partition coefficient (Wildman–Crippen LogP) is 2.12. The van der Waals surface area contributed by atoms with Gasteiger partial charge in [-0.2, -0.15) is 8.78 Å². The summed E-state index contributed by atoms with van der Waals surface area (Å²) in [4.78, 5) is 21.0. The first-order valence-corrected chi connectivity index (χ1v) is 8.77. The normalized spacial score (nSPS) is 22.2. The molecule has 134 valence electrons. The van der Waals surface area contributed by atoms with Crippen LogP contribution in [0.4, 0.5) is 18.7 Å². The average molecular weight is 370 g/mol. The lowest BCUT2D eigenvalue weighted by atomic mass is 10.2. The Kier molecular flexibility index (Phi) is 4.02. The molecule has 0 radical (unpaired) electrons. The van der Waals surface area contributed by atoms with Crippen LogP contribution in [0.25, 0.3) is 10.8 Å². The molecule has 2 fully saturated rings. The van der Waals surface area contributed by atoms with Crippen LogP contribution in [0.15, 0.2) is 10.6 Å². The topological polar surface area (TPSA) is 87.4 Å². The van der Waals surface area contributed by atoms with Gasteiger partial charge in [0, 0.05) is 19.6 Å². The zero-order chi connectivity index (χ0) is 17.6. The van der Waals surface area contributed by atoms with Gasteiger partial charge < -0.3 is 19.5 Å². The zero-order valence-corrected chi connectivity index (χ0v) is 14.2. The summed E-state index contributed by atoms with van der Waals surface area (Å²) in [5.41, 5.74) is 0. The Hall–Kier alpha value is -2.30. The summed E-state index contributed by atoms with van der Waals surface area (Å²) in [7, 11) is 0. The van der Waals surface area contributed by atoms with Gasteiger partial charge in [0.15, 0.2) is 5.13 Å². The summed E-state index contributed by atoms with van der Waals surface area (Å²) in [5.74, 6) is -0.643. The van der Waals surface area contributed by atoms with Gasteiger partial charge in [-0.05, 0) is 13.3 Å². The molecule has 2 amide bonds. The number of rotatable bonds is 4. The predicted molar refractivity (Wildman–Crippen MR) is 85.7 cm³/mol. The van der Waals surface area contributed by atoms with Crippen LogP contribution < -0.4 is 10.2 Å². The van der Waals surface area contributed by atoms with Gasteiger partial charge in [-0.25, -0.2) is 9.78 Å². The van der Waals surface area contributed by atoms with E-state index in [4.69, 9.17) is 4.42 Å². The Morgan fingerprint density at radius 1 is 1.44 bits per heavy atom. The van der Waals surface area contributed by atoms with Crippen LogP contribution in [0.5, 0.6) is 0 Å². The van der Waals surface area contributed by atoms with E-state index >= 15 is 0 Å². The zero-order valence-electron chi connectivity index (χ0n) is 13.4. The summed E-state index contributed by atoms with van der Waals surface area (Å²) < 4.78 is 30.1. The molecule has 1 N–H and O–H groups in total. The molecule has 4 rings (SSSR count). The van der Waals surface area contributed by atoms with Crippen LogP contribution in [-0.2, 0) is 0 Å². The van der Waals surface area contributed by atoms with Gasteiger partial charge >= 0.3 is 12.5 Å². The molecule has 0 aliphatic carbocycles. The smallest absolute Gasteiger partial charge is 0.317 e. The van der Waals surface area contributed by atoms with Gasteiger partial charge in [0.1, 0.15) is 4.88 Å². The standard InChI is InChI=1S/C14H16F2N6O2S/c1-2-17-13(23)21-5-8-3-7(21)6-22(8)14-18-4-9(25-14)11-19-20-12(24-11)10(15)16/h4,7-8,10H,2-3,5-6H2,1H3,(H,17,23). The number of nitrogens with one attached hydrogen (secondary N) is 1. The highest BCUT2D eigenvalue weighted by molar-refractivity contribution is 7.18. The number of nitrogens with zero attached hydrogens (tertiary/aromatic N) is 5. The van der Waals surface area contributed by atoms with E-state index < -0.39 is 12.3 Å². The number of likely N-dealkylation sites (tertiary alicyclic amines) is 1. The van der Waals surface area contributed by atoms with Gasteiger partial charge in [0.2, 0.25) is 0 Å². The number of alkyl halides is 2. The number of anilines is 1. The molecule has 2 aliphatic heterocycles. The largest absolute Gasteiger partial charge is 0.414 e. The van der Waals surface area contributed by atoms with Crippen LogP contribution in [-0.4, -0.2) is 57.8 Å². The van der Waals surface area contributed by atoms with Gasteiger partial charge in [-0.3, -0.25) is 0 Å². The van der Waals surface area contributed by atoms with Crippen LogP contribution in [0.1, 0.15) is 25.7 Å². The van der Waals surface area contributed by atoms with Crippen molar-refractivity contribution in [3.63, 3.8) is 0 Å². The lowest BCUT2D eigenvalue weighted by Crippen LogP contribution is -2.51. The molecule has 2 unspecified atom stereocenters. The molecule has 2 saturated heterocycles. The molecule has 4 heterocycles. The molecule has 8 nitrogen and oxygen atoms in total. The van der Waals surface area contributed by atoms with Gasteiger partial charge in [0.05, 0.1) is 18.3 Å². The second kappa shape index (κ2) is 6.21. The van der Waals surface area contributed by atoms with Crippen molar-refractivity contribution in [1.82, 2.24) is 25.4 Å². The molecular weight excluding hydrogens is 354 g/mol. The third-order valence-electron chi connectivity index (χ3n) is 4.41. The molecule has 11 heteroatoms. The fourth-order valence-corrected chi connectivity index (χ4v) is 4.24. The molecule has 0 aromatic carbocycles.